The van der Waals surface area contributed by atoms with Gasteiger partial charge in [0.1, 0.15) is 0 Å². The van der Waals surface area contributed by atoms with Gasteiger partial charge in [-0.05, 0) is 18.4 Å². The summed E-state index contributed by atoms with van der Waals surface area (Å²) in [5.74, 6) is 0.258. The van der Waals surface area contributed by atoms with Gasteiger partial charge in [-0.2, -0.15) is 0 Å². The smallest absolute Gasteiger partial charge is 0.158 e. The molecule has 1 fully saturated rings. The van der Waals surface area contributed by atoms with Crippen molar-refractivity contribution in [2.24, 2.45) is 5.92 Å². The number of aliphatic hydroxyl groups is 1. The van der Waals surface area contributed by atoms with Gasteiger partial charge in [0.2, 0.25) is 0 Å². The Morgan fingerprint density at radius 2 is 2.12 bits per heavy atom. The van der Waals surface area contributed by atoms with Gasteiger partial charge in [0, 0.05) is 18.9 Å². The molecule has 0 aromatic heterocycles. The highest BCUT2D eigenvalue weighted by molar-refractivity contribution is 5.14. The summed E-state index contributed by atoms with van der Waals surface area (Å²) in [6.07, 6.45) is 2.76. The fourth-order valence-electron chi connectivity index (χ4n) is 2.03. The zero-order valence-corrected chi connectivity index (χ0v) is 10.0. The molecule has 2 rings (SSSR count). The number of aliphatic hydroxyl groups excluding tert-OH is 1. The van der Waals surface area contributed by atoms with Gasteiger partial charge < -0.3 is 14.6 Å². The van der Waals surface area contributed by atoms with Crippen molar-refractivity contribution >= 4 is 0 Å². The van der Waals surface area contributed by atoms with E-state index in [1.54, 1.807) is 0 Å². The van der Waals surface area contributed by atoms with Crippen LogP contribution in [0.1, 0.15) is 18.4 Å². The quantitative estimate of drug-likeness (QED) is 0.768. The maximum Gasteiger partial charge on any atom is 0.158 e. The summed E-state index contributed by atoms with van der Waals surface area (Å²) in [6, 6.07) is 10.4. The molecule has 2 atom stereocenters. The van der Waals surface area contributed by atoms with Crippen LogP contribution in [0.4, 0.5) is 0 Å². The molecule has 0 amide bonds. The van der Waals surface area contributed by atoms with E-state index >= 15 is 0 Å². The van der Waals surface area contributed by atoms with Gasteiger partial charge in [0.05, 0.1) is 13.2 Å². The van der Waals surface area contributed by atoms with Crippen LogP contribution < -0.4 is 0 Å². The zero-order chi connectivity index (χ0) is 11.9. The van der Waals surface area contributed by atoms with Crippen molar-refractivity contribution in [3.05, 3.63) is 35.9 Å². The van der Waals surface area contributed by atoms with Gasteiger partial charge in [0.25, 0.3) is 0 Å². The Hall–Kier alpha value is -0.900. The van der Waals surface area contributed by atoms with Gasteiger partial charge in [-0.3, -0.25) is 0 Å². The lowest BCUT2D eigenvalue weighted by atomic mass is 10.1. The first-order valence-corrected chi connectivity index (χ1v) is 6.26. The first-order valence-electron chi connectivity index (χ1n) is 6.26. The van der Waals surface area contributed by atoms with E-state index in [2.05, 4.69) is 24.3 Å². The second kappa shape index (κ2) is 6.74. The number of hydrogen-bond acceptors (Lipinski definition) is 3. The molecule has 1 saturated heterocycles. The number of rotatable bonds is 6. The molecule has 0 bridgehead atoms. The van der Waals surface area contributed by atoms with Crippen LogP contribution in [-0.4, -0.2) is 31.2 Å². The SMILES string of the molecule is OC[C@H]1CO[C@H](OCCCc2ccccc2)C1. The van der Waals surface area contributed by atoms with Crippen LogP contribution in [0.5, 0.6) is 0 Å². The van der Waals surface area contributed by atoms with Crippen molar-refractivity contribution in [3.63, 3.8) is 0 Å². The molecule has 1 heterocycles. The Morgan fingerprint density at radius 3 is 2.82 bits per heavy atom. The molecule has 1 aromatic carbocycles. The van der Waals surface area contributed by atoms with E-state index < -0.39 is 0 Å². The monoisotopic (exact) mass is 236 g/mol. The second-order valence-corrected chi connectivity index (χ2v) is 4.51. The van der Waals surface area contributed by atoms with Crippen molar-refractivity contribution < 1.29 is 14.6 Å². The minimum absolute atomic E-state index is 0.108. The molecular weight excluding hydrogens is 216 g/mol. The van der Waals surface area contributed by atoms with Gasteiger partial charge >= 0.3 is 0 Å². The summed E-state index contributed by atoms with van der Waals surface area (Å²) in [4.78, 5) is 0. The van der Waals surface area contributed by atoms with Crippen molar-refractivity contribution in [1.82, 2.24) is 0 Å². The zero-order valence-electron chi connectivity index (χ0n) is 10.0. The molecule has 1 aliphatic rings. The van der Waals surface area contributed by atoms with Gasteiger partial charge in [-0.25, -0.2) is 0 Å². The molecule has 1 N–H and O–H groups in total. The van der Waals surface area contributed by atoms with Crippen LogP contribution in [-0.2, 0) is 15.9 Å². The minimum Gasteiger partial charge on any atom is -0.396 e. The molecule has 0 radical (unpaired) electrons. The van der Waals surface area contributed by atoms with E-state index in [0.717, 1.165) is 25.9 Å². The highest BCUT2D eigenvalue weighted by Crippen LogP contribution is 2.20. The van der Waals surface area contributed by atoms with Crippen LogP contribution in [0.25, 0.3) is 0 Å². The largest absolute Gasteiger partial charge is 0.396 e. The molecule has 0 spiro atoms. The average Bonchev–Trinajstić information content (AvgIpc) is 2.84. The molecule has 3 heteroatoms. The lowest BCUT2D eigenvalue weighted by molar-refractivity contribution is -0.111. The van der Waals surface area contributed by atoms with E-state index in [1.165, 1.54) is 5.56 Å². The Balaban J connectivity index is 1.58. The predicted molar refractivity (Wildman–Crippen MR) is 65.6 cm³/mol. The highest BCUT2D eigenvalue weighted by Gasteiger charge is 2.24. The highest BCUT2D eigenvalue weighted by atomic mass is 16.7. The summed E-state index contributed by atoms with van der Waals surface area (Å²) in [5, 5.41) is 8.97. The van der Waals surface area contributed by atoms with E-state index in [-0.39, 0.29) is 18.8 Å². The second-order valence-electron chi connectivity index (χ2n) is 4.51. The number of hydrogen-bond donors (Lipinski definition) is 1. The molecule has 0 saturated carbocycles. The third kappa shape index (κ3) is 4.11. The number of ether oxygens (including phenoxy) is 2. The Bertz CT molecular complexity index is 313. The fraction of sp³-hybridized carbons (Fsp3) is 0.571. The van der Waals surface area contributed by atoms with Crippen LogP contribution in [0, 0.1) is 5.92 Å². The molecule has 1 aliphatic heterocycles. The predicted octanol–water partition coefficient (Wildman–Crippen LogP) is 1.99. The van der Waals surface area contributed by atoms with Crippen LogP contribution >= 0.6 is 0 Å². The minimum atomic E-state index is -0.108. The fourth-order valence-corrected chi connectivity index (χ4v) is 2.03. The maximum atomic E-state index is 8.97. The van der Waals surface area contributed by atoms with Crippen LogP contribution in [0.3, 0.4) is 0 Å². The maximum absolute atomic E-state index is 8.97. The van der Waals surface area contributed by atoms with Gasteiger partial charge in [-0.15, -0.1) is 0 Å². The summed E-state index contributed by atoms with van der Waals surface area (Å²) < 4.78 is 11.0. The molecule has 94 valence electrons. The van der Waals surface area contributed by atoms with Crippen LogP contribution in [0.15, 0.2) is 30.3 Å². The normalized spacial score (nSPS) is 24.1. The molecule has 0 aliphatic carbocycles. The summed E-state index contributed by atoms with van der Waals surface area (Å²) in [7, 11) is 0. The molecule has 0 unspecified atom stereocenters. The van der Waals surface area contributed by atoms with Gasteiger partial charge in [-0.1, -0.05) is 30.3 Å². The van der Waals surface area contributed by atoms with Crippen molar-refractivity contribution in [1.29, 1.82) is 0 Å². The van der Waals surface area contributed by atoms with E-state index in [9.17, 15) is 0 Å². The third-order valence-corrected chi connectivity index (χ3v) is 3.06. The van der Waals surface area contributed by atoms with E-state index in [1.807, 2.05) is 6.07 Å². The first-order chi connectivity index (χ1) is 8.38. The van der Waals surface area contributed by atoms with Gasteiger partial charge in [0.15, 0.2) is 6.29 Å². The lowest BCUT2D eigenvalue weighted by Gasteiger charge is -2.10. The third-order valence-electron chi connectivity index (χ3n) is 3.06. The molecule has 3 nitrogen and oxygen atoms in total. The van der Waals surface area contributed by atoms with Crippen molar-refractivity contribution in [3.8, 4) is 0 Å². The Labute approximate surface area is 102 Å². The number of benzene rings is 1. The standard InChI is InChI=1S/C14H20O3/c15-10-13-9-14(17-11-13)16-8-4-7-12-5-2-1-3-6-12/h1-3,5-6,13-15H,4,7-11H2/t13-,14-/m0/s1. The Kier molecular flexibility index (Phi) is 4.98. The van der Waals surface area contributed by atoms with Crippen LogP contribution in [0.2, 0.25) is 0 Å². The molecule has 17 heavy (non-hydrogen) atoms. The first kappa shape index (κ1) is 12.6. The summed E-state index contributed by atoms with van der Waals surface area (Å²) in [6.45, 7) is 1.54. The van der Waals surface area contributed by atoms with Crippen molar-refractivity contribution in [2.45, 2.75) is 25.6 Å². The van der Waals surface area contributed by atoms with E-state index in [0.29, 0.717) is 6.61 Å². The lowest BCUT2D eigenvalue weighted by Crippen LogP contribution is -2.12. The Morgan fingerprint density at radius 1 is 1.29 bits per heavy atom. The summed E-state index contributed by atoms with van der Waals surface area (Å²) in [5.41, 5.74) is 1.34. The summed E-state index contributed by atoms with van der Waals surface area (Å²) >= 11 is 0. The topological polar surface area (TPSA) is 38.7 Å². The molecule has 1 aromatic rings. The van der Waals surface area contributed by atoms with E-state index in [4.69, 9.17) is 14.6 Å². The van der Waals surface area contributed by atoms with Crippen molar-refractivity contribution in [2.75, 3.05) is 19.8 Å². The average molecular weight is 236 g/mol. The number of aryl methyl sites for hydroxylation is 1. The molecular formula is C14H20O3.